The zero-order chi connectivity index (χ0) is 19.9. The molecule has 27 heavy (non-hydrogen) atoms. The SMILES string of the molecule is CN=C(NCc1ccc(S(=O)(=O)N2CCCC2)cc1)N1CC(C)(C)C1(C)C. The van der Waals surface area contributed by atoms with Gasteiger partial charge in [0, 0.05) is 44.2 Å². The number of aliphatic imine (C=N–C) groups is 1. The van der Waals surface area contributed by atoms with E-state index in [1.165, 1.54) is 0 Å². The van der Waals surface area contributed by atoms with Gasteiger partial charge in [-0.2, -0.15) is 4.31 Å². The fourth-order valence-corrected chi connectivity index (χ4v) is 5.25. The summed E-state index contributed by atoms with van der Waals surface area (Å²) in [6.07, 6.45) is 1.90. The van der Waals surface area contributed by atoms with Crippen LogP contribution in [0.15, 0.2) is 34.2 Å². The molecule has 2 aliphatic heterocycles. The molecule has 2 fully saturated rings. The Hall–Kier alpha value is -1.60. The molecule has 0 atom stereocenters. The maximum Gasteiger partial charge on any atom is 0.243 e. The van der Waals surface area contributed by atoms with Crippen molar-refractivity contribution in [3.05, 3.63) is 29.8 Å². The summed E-state index contributed by atoms with van der Waals surface area (Å²) in [6.45, 7) is 11.9. The van der Waals surface area contributed by atoms with Gasteiger partial charge in [-0.3, -0.25) is 4.99 Å². The summed E-state index contributed by atoms with van der Waals surface area (Å²) in [5, 5.41) is 3.41. The number of benzene rings is 1. The van der Waals surface area contributed by atoms with Crippen molar-refractivity contribution in [1.82, 2.24) is 14.5 Å². The molecule has 3 rings (SSSR count). The van der Waals surface area contributed by atoms with E-state index in [9.17, 15) is 8.42 Å². The van der Waals surface area contributed by atoms with Crippen LogP contribution < -0.4 is 5.32 Å². The average molecular weight is 393 g/mol. The van der Waals surface area contributed by atoms with Crippen molar-refractivity contribution in [2.45, 2.75) is 57.5 Å². The standard InChI is InChI=1S/C20H32N4O2S/c1-19(2)15-24(20(19,3)4)18(21-5)22-14-16-8-10-17(11-9-16)27(25,26)23-12-6-7-13-23/h8-11H,6-7,12-15H2,1-5H3,(H,21,22). The third kappa shape index (κ3) is 3.59. The minimum Gasteiger partial charge on any atom is -0.352 e. The predicted octanol–water partition coefficient (Wildman–Crippen LogP) is 2.67. The summed E-state index contributed by atoms with van der Waals surface area (Å²) in [5.41, 5.74) is 1.33. The molecule has 0 bridgehead atoms. The normalized spacial score (nSPS) is 22.6. The van der Waals surface area contributed by atoms with Gasteiger partial charge in [0.15, 0.2) is 5.96 Å². The summed E-state index contributed by atoms with van der Waals surface area (Å²) >= 11 is 0. The Morgan fingerprint density at radius 2 is 1.70 bits per heavy atom. The first-order chi connectivity index (χ1) is 12.6. The molecule has 0 radical (unpaired) electrons. The topological polar surface area (TPSA) is 65.0 Å². The van der Waals surface area contributed by atoms with E-state index in [2.05, 4.69) is 42.9 Å². The van der Waals surface area contributed by atoms with E-state index in [0.29, 0.717) is 24.5 Å². The van der Waals surface area contributed by atoms with Gasteiger partial charge >= 0.3 is 0 Å². The van der Waals surface area contributed by atoms with Crippen LogP contribution in [0.2, 0.25) is 0 Å². The van der Waals surface area contributed by atoms with E-state index >= 15 is 0 Å². The maximum absolute atomic E-state index is 12.6. The van der Waals surface area contributed by atoms with Crippen LogP contribution in [0, 0.1) is 5.41 Å². The number of hydrogen-bond acceptors (Lipinski definition) is 3. The first-order valence-corrected chi connectivity index (χ1v) is 11.1. The second kappa shape index (κ2) is 7.09. The quantitative estimate of drug-likeness (QED) is 0.632. The Morgan fingerprint density at radius 3 is 2.19 bits per heavy atom. The van der Waals surface area contributed by atoms with Gasteiger partial charge in [-0.05, 0) is 44.4 Å². The smallest absolute Gasteiger partial charge is 0.243 e. The molecule has 0 spiro atoms. The monoisotopic (exact) mass is 392 g/mol. The molecular formula is C20H32N4O2S. The minimum atomic E-state index is -3.35. The number of nitrogens with zero attached hydrogens (tertiary/aromatic N) is 3. The summed E-state index contributed by atoms with van der Waals surface area (Å²) in [5.74, 6) is 0.882. The molecule has 0 aliphatic carbocycles. The number of likely N-dealkylation sites (tertiary alicyclic amines) is 1. The minimum absolute atomic E-state index is 0.0442. The molecule has 2 heterocycles. The highest BCUT2D eigenvalue weighted by atomic mass is 32.2. The zero-order valence-corrected chi connectivity index (χ0v) is 17.9. The number of sulfonamides is 1. The molecule has 0 aromatic heterocycles. The third-order valence-corrected chi connectivity index (χ3v) is 8.34. The first-order valence-electron chi connectivity index (χ1n) is 9.67. The number of guanidine groups is 1. The second-order valence-electron chi connectivity index (χ2n) is 8.68. The highest BCUT2D eigenvalue weighted by Gasteiger charge is 2.53. The molecule has 6 nitrogen and oxygen atoms in total. The van der Waals surface area contributed by atoms with Gasteiger partial charge in [0.25, 0.3) is 0 Å². The largest absolute Gasteiger partial charge is 0.352 e. The van der Waals surface area contributed by atoms with Crippen molar-refractivity contribution in [3.8, 4) is 0 Å². The Kier molecular flexibility index (Phi) is 5.29. The highest BCUT2D eigenvalue weighted by Crippen LogP contribution is 2.46. The lowest BCUT2D eigenvalue weighted by Crippen LogP contribution is -2.72. The fraction of sp³-hybridized carbons (Fsp3) is 0.650. The Balaban J connectivity index is 1.63. The average Bonchev–Trinajstić information content (AvgIpc) is 3.17. The molecule has 2 aliphatic rings. The van der Waals surface area contributed by atoms with E-state index in [4.69, 9.17) is 0 Å². The van der Waals surface area contributed by atoms with Crippen LogP contribution in [-0.4, -0.2) is 55.8 Å². The first kappa shape index (κ1) is 20.1. The molecule has 1 N–H and O–H groups in total. The summed E-state index contributed by atoms with van der Waals surface area (Å²) in [4.78, 5) is 7.09. The lowest BCUT2D eigenvalue weighted by molar-refractivity contribution is -0.0667. The van der Waals surface area contributed by atoms with Gasteiger partial charge in [-0.25, -0.2) is 8.42 Å². The van der Waals surface area contributed by atoms with Crippen molar-refractivity contribution in [2.24, 2.45) is 10.4 Å². The van der Waals surface area contributed by atoms with Crippen LogP contribution in [0.25, 0.3) is 0 Å². The lowest BCUT2D eigenvalue weighted by atomic mass is 9.65. The van der Waals surface area contributed by atoms with Gasteiger partial charge in [0.1, 0.15) is 0 Å². The van der Waals surface area contributed by atoms with Crippen molar-refractivity contribution < 1.29 is 8.42 Å². The number of hydrogen-bond donors (Lipinski definition) is 1. The molecule has 0 unspecified atom stereocenters. The maximum atomic E-state index is 12.6. The van der Waals surface area contributed by atoms with Gasteiger partial charge in [0.2, 0.25) is 10.0 Å². The van der Waals surface area contributed by atoms with E-state index in [1.54, 1.807) is 23.5 Å². The predicted molar refractivity (Wildman–Crippen MR) is 109 cm³/mol. The lowest BCUT2D eigenvalue weighted by Gasteiger charge is -2.62. The molecule has 150 valence electrons. The fourth-order valence-electron chi connectivity index (χ4n) is 3.73. The van der Waals surface area contributed by atoms with E-state index < -0.39 is 10.0 Å². The molecule has 1 aromatic rings. The van der Waals surface area contributed by atoms with Crippen LogP contribution in [0.3, 0.4) is 0 Å². The number of rotatable bonds is 4. The third-order valence-electron chi connectivity index (χ3n) is 6.43. The van der Waals surface area contributed by atoms with Crippen molar-refractivity contribution in [2.75, 3.05) is 26.7 Å². The van der Waals surface area contributed by atoms with Crippen LogP contribution >= 0.6 is 0 Å². The summed E-state index contributed by atoms with van der Waals surface area (Å²) < 4.78 is 26.8. The van der Waals surface area contributed by atoms with Crippen molar-refractivity contribution in [3.63, 3.8) is 0 Å². The van der Waals surface area contributed by atoms with Crippen LogP contribution in [-0.2, 0) is 16.6 Å². The molecule has 0 saturated carbocycles. The van der Waals surface area contributed by atoms with Gasteiger partial charge in [-0.15, -0.1) is 0 Å². The van der Waals surface area contributed by atoms with Crippen molar-refractivity contribution >= 4 is 16.0 Å². The highest BCUT2D eigenvalue weighted by molar-refractivity contribution is 7.89. The van der Waals surface area contributed by atoms with Gasteiger partial charge < -0.3 is 10.2 Å². The Labute approximate surface area is 163 Å². The van der Waals surface area contributed by atoms with Gasteiger partial charge in [0.05, 0.1) is 4.90 Å². The van der Waals surface area contributed by atoms with E-state index in [-0.39, 0.29) is 11.0 Å². The molecule has 7 heteroatoms. The second-order valence-corrected chi connectivity index (χ2v) is 10.6. The van der Waals surface area contributed by atoms with Gasteiger partial charge in [-0.1, -0.05) is 26.0 Å². The van der Waals surface area contributed by atoms with E-state index in [0.717, 1.165) is 30.9 Å². The molecule has 0 amide bonds. The molecular weight excluding hydrogens is 360 g/mol. The number of nitrogens with one attached hydrogen (secondary N) is 1. The summed E-state index contributed by atoms with van der Waals surface area (Å²) in [7, 11) is -1.55. The Bertz CT molecular complexity index is 807. The summed E-state index contributed by atoms with van der Waals surface area (Å²) in [6, 6.07) is 7.19. The van der Waals surface area contributed by atoms with Crippen molar-refractivity contribution in [1.29, 1.82) is 0 Å². The van der Waals surface area contributed by atoms with Crippen LogP contribution in [0.1, 0.15) is 46.1 Å². The zero-order valence-electron chi connectivity index (χ0n) is 17.1. The Morgan fingerprint density at radius 1 is 1.11 bits per heavy atom. The molecule has 1 aromatic carbocycles. The van der Waals surface area contributed by atoms with Crippen LogP contribution in [0.5, 0.6) is 0 Å². The van der Waals surface area contributed by atoms with Crippen LogP contribution in [0.4, 0.5) is 0 Å². The van der Waals surface area contributed by atoms with E-state index in [1.807, 2.05) is 12.1 Å². The molecule has 2 saturated heterocycles.